The molecule has 2 unspecified atom stereocenters. The van der Waals surface area contributed by atoms with Gasteiger partial charge in [-0.25, -0.2) is 0 Å². The molecule has 15 heavy (non-hydrogen) atoms. The molecule has 0 amide bonds. The minimum atomic E-state index is 0.585. The monoisotopic (exact) mass is 305 g/mol. The molecule has 1 aromatic rings. The van der Waals surface area contributed by atoms with Gasteiger partial charge in [-0.3, -0.25) is 0 Å². The summed E-state index contributed by atoms with van der Waals surface area (Å²) in [5.41, 5.74) is 1.11. The van der Waals surface area contributed by atoms with E-state index in [0.717, 1.165) is 20.4 Å². The number of nitrogens with one attached hydrogen (secondary N) is 1. The molecule has 1 nitrogen and oxygen atoms in total. The molecule has 0 aliphatic carbocycles. The fourth-order valence-electron chi connectivity index (χ4n) is 1.74. The van der Waals surface area contributed by atoms with Crippen molar-refractivity contribution in [1.82, 2.24) is 0 Å². The van der Waals surface area contributed by atoms with Gasteiger partial charge in [0, 0.05) is 27.2 Å². The molecule has 4 heteroatoms. The Labute approximate surface area is 108 Å². The minimum absolute atomic E-state index is 0.585. The van der Waals surface area contributed by atoms with Crippen molar-refractivity contribution in [2.75, 3.05) is 11.1 Å². The van der Waals surface area contributed by atoms with Crippen LogP contribution in [0.15, 0.2) is 22.7 Å². The van der Waals surface area contributed by atoms with E-state index >= 15 is 0 Å². The van der Waals surface area contributed by atoms with Gasteiger partial charge in [-0.2, -0.15) is 11.8 Å². The number of thioether (sulfide) groups is 1. The molecule has 1 saturated heterocycles. The topological polar surface area (TPSA) is 12.0 Å². The Bertz CT molecular complexity index is 358. The SMILES string of the molecule is CC1CC(Nc2ccc(Br)c(Cl)c2)CS1. The Kier molecular flexibility index (Phi) is 3.86. The summed E-state index contributed by atoms with van der Waals surface area (Å²) in [5, 5.41) is 5.05. The van der Waals surface area contributed by atoms with E-state index in [-0.39, 0.29) is 0 Å². The fourth-order valence-corrected chi connectivity index (χ4v) is 3.32. The number of rotatable bonds is 2. The van der Waals surface area contributed by atoms with E-state index in [2.05, 4.69) is 34.2 Å². The Morgan fingerprint density at radius 1 is 1.53 bits per heavy atom. The van der Waals surface area contributed by atoms with Gasteiger partial charge in [0.1, 0.15) is 0 Å². The molecule has 0 radical (unpaired) electrons. The molecular weight excluding hydrogens is 294 g/mol. The van der Waals surface area contributed by atoms with Crippen LogP contribution in [0.2, 0.25) is 5.02 Å². The van der Waals surface area contributed by atoms with Crippen LogP contribution in [-0.2, 0) is 0 Å². The zero-order chi connectivity index (χ0) is 10.8. The number of hydrogen-bond acceptors (Lipinski definition) is 2. The fraction of sp³-hybridized carbons (Fsp3) is 0.455. The maximum Gasteiger partial charge on any atom is 0.0568 e. The van der Waals surface area contributed by atoms with Gasteiger partial charge in [0.05, 0.1) is 5.02 Å². The third-order valence-electron chi connectivity index (χ3n) is 2.49. The van der Waals surface area contributed by atoms with Crippen molar-refractivity contribution in [1.29, 1.82) is 0 Å². The molecule has 1 aliphatic heterocycles. The van der Waals surface area contributed by atoms with E-state index in [9.17, 15) is 0 Å². The average molecular weight is 307 g/mol. The second-order valence-electron chi connectivity index (χ2n) is 3.85. The summed E-state index contributed by atoms with van der Waals surface area (Å²) in [6, 6.07) is 6.60. The van der Waals surface area contributed by atoms with E-state index in [0.29, 0.717) is 6.04 Å². The smallest absolute Gasteiger partial charge is 0.0568 e. The van der Waals surface area contributed by atoms with Crippen LogP contribution in [0.3, 0.4) is 0 Å². The predicted molar refractivity (Wildman–Crippen MR) is 73.1 cm³/mol. The van der Waals surface area contributed by atoms with Gasteiger partial charge < -0.3 is 5.32 Å². The van der Waals surface area contributed by atoms with Crippen LogP contribution in [0.1, 0.15) is 13.3 Å². The number of benzene rings is 1. The zero-order valence-electron chi connectivity index (χ0n) is 8.47. The van der Waals surface area contributed by atoms with Crippen molar-refractivity contribution in [3.63, 3.8) is 0 Å². The van der Waals surface area contributed by atoms with E-state index < -0.39 is 0 Å². The van der Waals surface area contributed by atoms with Gasteiger partial charge in [-0.1, -0.05) is 18.5 Å². The maximum absolute atomic E-state index is 6.04. The van der Waals surface area contributed by atoms with E-state index in [1.165, 1.54) is 12.2 Å². The maximum atomic E-state index is 6.04. The molecule has 1 aliphatic rings. The molecule has 1 heterocycles. The first kappa shape index (κ1) is 11.6. The Morgan fingerprint density at radius 2 is 2.33 bits per heavy atom. The summed E-state index contributed by atoms with van der Waals surface area (Å²) in [5.74, 6) is 1.19. The summed E-state index contributed by atoms with van der Waals surface area (Å²) in [4.78, 5) is 0. The highest BCUT2D eigenvalue weighted by molar-refractivity contribution is 9.10. The standard InChI is InChI=1S/C11H13BrClNS/c1-7-4-9(6-15-7)14-8-2-3-10(12)11(13)5-8/h2-3,5,7,9,14H,4,6H2,1H3. The molecule has 1 fully saturated rings. The van der Waals surface area contributed by atoms with Crippen molar-refractivity contribution in [3.05, 3.63) is 27.7 Å². The summed E-state index contributed by atoms with van der Waals surface area (Å²) >= 11 is 11.5. The average Bonchev–Trinajstić information content (AvgIpc) is 2.58. The van der Waals surface area contributed by atoms with E-state index in [1.54, 1.807) is 0 Å². The first-order chi connectivity index (χ1) is 7.15. The first-order valence-corrected chi connectivity index (χ1v) is 7.20. The van der Waals surface area contributed by atoms with Crippen molar-refractivity contribution >= 4 is 45.0 Å². The lowest BCUT2D eigenvalue weighted by Crippen LogP contribution is -2.18. The Morgan fingerprint density at radius 3 is 2.93 bits per heavy atom. The molecule has 0 spiro atoms. The van der Waals surface area contributed by atoms with E-state index in [4.69, 9.17) is 11.6 Å². The van der Waals surface area contributed by atoms with Gasteiger partial charge >= 0.3 is 0 Å². The van der Waals surface area contributed by atoms with Gasteiger partial charge in [0.2, 0.25) is 0 Å². The molecular formula is C11H13BrClNS. The quantitative estimate of drug-likeness (QED) is 0.868. The van der Waals surface area contributed by atoms with Gasteiger partial charge in [0.25, 0.3) is 0 Å². The number of anilines is 1. The summed E-state index contributed by atoms with van der Waals surface area (Å²) < 4.78 is 0.948. The number of hydrogen-bond donors (Lipinski definition) is 1. The highest BCUT2D eigenvalue weighted by Crippen LogP contribution is 2.30. The zero-order valence-corrected chi connectivity index (χ0v) is 11.6. The van der Waals surface area contributed by atoms with Crippen LogP contribution < -0.4 is 5.32 Å². The summed E-state index contributed by atoms with van der Waals surface area (Å²) in [6.07, 6.45) is 1.23. The second kappa shape index (κ2) is 4.98. The minimum Gasteiger partial charge on any atom is -0.381 e. The van der Waals surface area contributed by atoms with Crippen molar-refractivity contribution in [2.45, 2.75) is 24.6 Å². The molecule has 0 bridgehead atoms. The van der Waals surface area contributed by atoms with Crippen molar-refractivity contribution < 1.29 is 0 Å². The van der Waals surface area contributed by atoms with Crippen molar-refractivity contribution in [3.8, 4) is 0 Å². The van der Waals surface area contributed by atoms with Gasteiger partial charge in [-0.05, 0) is 40.5 Å². The first-order valence-electron chi connectivity index (χ1n) is 4.98. The van der Waals surface area contributed by atoms with Crippen LogP contribution in [0.5, 0.6) is 0 Å². The van der Waals surface area contributed by atoms with Gasteiger partial charge in [0.15, 0.2) is 0 Å². The largest absolute Gasteiger partial charge is 0.381 e. The molecule has 0 aromatic heterocycles. The molecule has 0 saturated carbocycles. The lowest BCUT2D eigenvalue weighted by atomic mass is 10.2. The highest BCUT2D eigenvalue weighted by Gasteiger charge is 2.21. The number of halogens is 2. The van der Waals surface area contributed by atoms with Crippen LogP contribution in [0, 0.1) is 0 Å². The molecule has 2 atom stereocenters. The molecule has 2 rings (SSSR count). The van der Waals surface area contributed by atoms with Gasteiger partial charge in [-0.15, -0.1) is 0 Å². The second-order valence-corrected chi connectivity index (χ2v) is 6.58. The van der Waals surface area contributed by atoms with E-state index in [1.807, 2.05) is 23.9 Å². The Balaban J connectivity index is 2.02. The highest BCUT2D eigenvalue weighted by atomic mass is 79.9. The Hall–Kier alpha value is 0.140. The van der Waals surface area contributed by atoms with Crippen LogP contribution in [0.25, 0.3) is 0 Å². The third-order valence-corrected chi connectivity index (χ3v) is 5.08. The molecule has 1 aromatic carbocycles. The summed E-state index contributed by atoms with van der Waals surface area (Å²) in [7, 11) is 0. The molecule has 82 valence electrons. The predicted octanol–water partition coefficient (Wildman–Crippen LogP) is 4.41. The van der Waals surface area contributed by atoms with Crippen molar-refractivity contribution in [2.24, 2.45) is 0 Å². The molecule has 1 N–H and O–H groups in total. The lowest BCUT2D eigenvalue weighted by molar-refractivity contribution is 0.747. The lowest BCUT2D eigenvalue weighted by Gasteiger charge is -2.13. The van der Waals surface area contributed by atoms with Crippen LogP contribution >= 0.6 is 39.3 Å². The third kappa shape index (κ3) is 3.05. The van der Waals surface area contributed by atoms with Crippen LogP contribution in [0.4, 0.5) is 5.69 Å². The normalized spacial score (nSPS) is 25.5. The van der Waals surface area contributed by atoms with Crippen LogP contribution in [-0.4, -0.2) is 17.0 Å². The summed E-state index contributed by atoms with van der Waals surface area (Å²) in [6.45, 7) is 2.28.